The zero-order valence-electron chi connectivity index (χ0n) is 7.81. The lowest BCUT2D eigenvalue weighted by atomic mass is 10.2. The Kier molecular flexibility index (Phi) is 4.35. The second-order valence-electron chi connectivity index (χ2n) is 2.78. The summed E-state index contributed by atoms with van der Waals surface area (Å²) in [6.07, 6.45) is 2.50. The van der Waals surface area contributed by atoms with Gasteiger partial charge in [-0.15, -0.1) is 0 Å². The van der Waals surface area contributed by atoms with E-state index in [1.165, 1.54) is 0 Å². The molecule has 0 fully saturated rings. The van der Waals surface area contributed by atoms with E-state index in [4.69, 9.17) is 23.2 Å². The van der Waals surface area contributed by atoms with Crippen molar-refractivity contribution < 1.29 is 0 Å². The second kappa shape index (κ2) is 5.10. The number of hydrogen-bond donors (Lipinski definition) is 0. The fourth-order valence-corrected chi connectivity index (χ4v) is 1.85. The van der Waals surface area contributed by atoms with Gasteiger partial charge in [0.05, 0.1) is 5.70 Å². The Morgan fingerprint density at radius 3 is 2.57 bits per heavy atom. The van der Waals surface area contributed by atoms with Crippen LogP contribution in [0.25, 0.3) is 0 Å². The molecular weight excluding hydrogens is 287 g/mol. The molecule has 0 saturated heterocycles. The van der Waals surface area contributed by atoms with E-state index in [2.05, 4.69) is 25.9 Å². The van der Waals surface area contributed by atoms with Crippen LogP contribution in [0.1, 0.15) is 20.3 Å². The molecule has 1 heterocycles. The molecule has 5 heteroatoms. The minimum atomic E-state index is 0.178. The van der Waals surface area contributed by atoms with E-state index < -0.39 is 0 Å². The Labute approximate surface area is 102 Å². The SMILES string of the molecule is C/C=C(C)\C(Br)=C1/CC(Cl)=NC(Cl)=N1. The summed E-state index contributed by atoms with van der Waals surface area (Å²) in [5.74, 6) is 0. The van der Waals surface area contributed by atoms with Crippen molar-refractivity contribution in [3.63, 3.8) is 0 Å². The Hall–Kier alpha value is -0.120. The molecule has 14 heavy (non-hydrogen) atoms. The standard InChI is InChI=1S/C9H9BrCl2N2/c1-3-5(2)8(10)6-4-7(11)14-9(12)13-6/h3H,4H2,1-2H3/b5-3-,8-6-. The van der Waals surface area contributed by atoms with Gasteiger partial charge in [-0.25, -0.2) is 9.98 Å². The Bertz CT molecular complexity index is 367. The lowest BCUT2D eigenvalue weighted by molar-refractivity contribution is 1.17. The number of amidine groups is 1. The first-order chi connectivity index (χ1) is 6.54. The maximum absolute atomic E-state index is 5.81. The molecule has 0 saturated carbocycles. The molecule has 0 aliphatic carbocycles. The van der Waals surface area contributed by atoms with Gasteiger partial charge < -0.3 is 0 Å². The third-order valence-electron chi connectivity index (χ3n) is 1.79. The van der Waals surface area contributed by atoms with E-state index in [9.17, 15) is 0 Å². The smallest absolute Gasteiger partial charge is 0.221 e. The Morgan fingerprint density at radius 1 is 1.43 bits per heavy atom. The normalized spacial score (nSPS) is 21.6. The van der Waals surface area contributed by atoms with Crippen molar-refractivity contribution in [2.24, 2.45) is 9.98 Å². The largest absolute Gasteiger partial charge is 0.223 e. The van der Waals surface area contributed by atoms with Crippen LogP contribution >= 0.6 is 39.1 Å². The zero-order chi connectivity index (χ0) is 10.7. The number of aliphatic imine (C=N–C) groups is 2. The quantitative estimate of drug-likeness (QED) is 0.648. The summed E-state index contributed by atoms with van der Waals surface area (Å²) in [5.41, 5.74) is 1.91. The molecule has 0 unspecified atom stereocenters. The predicted molar refractivity (Wildman–Crippen MR) is 66.6 cm³/mol. The van der Waals surface area contributed by atoms with Crippen LogP contribution in [-0.4, -0.2) is 10.5 Å². The average molecular weight is 296 g/mol. The summed E-state index contributed by atoms with van der Waals surface area (Å²) in [6.45, 7) is 3.95. The molecule has 1 aliphatic rings. The number of nitrogens with zero attached hydrogens (tertiary/aromatic N) is 2. The first kappa shape index (κ1) is 12.0. The topological polar surface area (TPSA) is 24.7 Å². The van der Waals surface area contributed by atoms with Crippen molar-refractivity contribution in [2.75, 3.05) is 0 Å². The highest BCUT2D eigenvalue weighted by Crippen LogP contribution is 2.27. The van der Waals surface area contributed by atoms with Crippen LogP contribution in [0.15, 0.2) is 31.8 Å². The van der Waals surface area contributed by atoms with Crippen molar-refractivity contribution in [1.29, 1.82) is 0 Å². The highest BCUT2D eigenvalue weighted by molar-refractivity contribution is 9.12. The molecule has 0 N–H and O–H groups in total. The summed E-state index contributed by atoms with van der Waals surface area (Å²) in [5, 5.41) is 0.637. The van der Waals surface area contributed by atoms with Crippen molar-refractivity contribution in [3.8, 4) is 0 Å². The number of hydrogen-bond acceptors (Lipinski definition) is 2. The summed E-state index contributed by atoms with van der Waals surface area (Å²) in [7, 11) is 0. The van der Waals surface area contributed by atoms with Gasteiger partial charge in [-0.1, -0.05) is 17.7 Å². The second-order valence-corrected chi connectivity index (χ2v) is 4.35. The van der Waals surface area contributed by atoms with Crippen LogP contribution in [0.3, 0.4) is 0 Å². The monoisotopic (exact) mass is 294 g/mol. The molecule has 0 atom stereocenters. The van der Waals surface area contributed by atoms with Gasteiger partial charge in [0.25, 0.3) is 0 Å². The highest BCUT2D eigenvalue weighted by atomic mass is 79.9. The van der Waals surface area contributed by atoms with Gasteiger partial charge in [-0.3, -0.25) is 0 Å². The van der Waals surface area contributed by atoms with Crippen molar-refractivity contribution in [1.82, 2.24) is 0 Å². The summed E-state index contributed by atoms with van der Waals surface area (Å²) in [4.78, 5) is 7.93. The minimum absolute atomic E-state index is 0.178. The van der Waals surface area contributed by atoms with E-state index in [0.29, 0.717) is 11.6 Å². The van der Waals surface area contributed by atoms with Crippen LogP contribution in [0.4, 0.5) is 0 Å². The fourth-order valence-electron chi connectivity index (χ4n) is 0.935. The van der Waals surface area contributed by atoms with Crippen LogP contribution in [0, 0.1) is 0 Å². The average Bonchev–Trinajstić information content (AvgIpc) is 2.14. The molecule has 0 bridgehead atoms. The Morgan fingerprint density at radius 2 is 2.07 bits per heavy atom. The molecule has 0 amide bonds. The highest BCUT2D eigenvalue weighted by Gasteiger charge is 2.13. The van der Waals surface area contributed by atoms with E-state index in [1.807, 2.05) is 19.9 Å². The maximum Gasteiger partial charge on any atom is 0.223 e. The third kappa shape index (κ3) is 2.94. The van der Waals surface area contributed by atoms with E-state index in [-0.39, 0.29) is 5.29 Å². The predicted octanol–water partition coefficient (Wildman–Crippen LogP) is 4.19. The van der Waals surface area contributed by atoms with Crippen molar-refractivity contribution in [2.45, 2.75) is 20.3 Å². The summed E-state index contributed by atoms with van der Waals surface area (Å²) < 4.78 is 0.922. The van der Waals surface area contributed by atoms with Crippen LogP contribution in [0.2, 0.25) is 0 Å². The van der Waals surface area contributed by atoms with Gasteiger partial charge in [0.1, 0.15) is 5.17 Å². The molecule has 0 spiro atoms. The summed E-state index contributed by atoms with van der Waals surface area (Å²) >= 11 is 15.0. The van der Waals surface area contributed by atoms with Gasteiger partial charge in [0.15, 0.2) is 0 Å². The van der Waals surface area contributed by atoms with Crippen LogP contribution < -0.4 is 0 Å². The van der Waals surface area contributed by atoms with Crippen molar-refractivity contribution >= 4 is 49.6 Å². The summed E-state index contributed by atoms with van der Waals surface area (Å²) in [6, 6.07) is 0. The lowest BCUT2D eigenvalue weighted by Crippen LogP contribution is -2.02. The molecular formula is C9H9BrCl2N2. The van der Waals surface area contributed by atoms with Crippen LogP contribution in [-0.2, 0) is 0 Å². The first-order valence-corrected chi connectivity index (χ1v) is 5.58. The van der Waals surface area contributed by atoms with E-state index in [0.717, 1.165) is 15.8 Å². The van der Waals surface area contributed by atoms with Gasteiger partial charge in [0.2, 0.25) is 5.29 Å². The van der Waals surface area contributed by atoms with Gasteiger partial charge in [-0.05, 0) is 47.0 Å². The van der Waals surface area contributed by atoms with E-state index >= 15 is 0 Å². The molecule has 2 nitrogen and oxygen atoms in total. The molecule has 0 aromatic heterocycles. The number of rotatable bonds is 1. The maximum atomic E-state index is 5.81. The zero-order valence-corrected chi connectivity index (χ0v) is 10.9. The first-order valence-electron chi connectivity index (χ1n) is 4.03. The van der Waals surface area contributed by atoms with Crippen LogP contribution in [0.5, 0.6) is 0 Å². The van der Waals surface area contributed by atoms with Gasteiger partial charge in [0, 0.05) is 10.9 Å². The van der Waals surface area contributed by atoms with Gasteiger partial charge >= 0.3 is 0 Å². The number of halogens is 3. The molecule has 0 aromatic carbocycles. The third-order valence-corrected chi connectivity index (χ3v) is 3.26. The lowest BCUT2D eigenvalue weighted by Gasteiger charge is -2.09. The Balaban J connectivity index is 3.08. The number of allylic oxidation sites excluding steroid dienone is 4. The minimum Gasteiger partial charge on any atom is -0.221 e. The molecule has 1 aliphatic heterocycles. The molecule has 0 aromatic rings. The molecule has 0 radical (unpaired) electrons. The fraction of sp³-hybridized carbons (Fsp3) is 0.333. The van der Waals surface area contributed by atoms with E-state index in [1.54, 1.807) is 0 Å². The molecule has 76 valence electrons. The molecule has 1 rings (SSSR count). The van der Waals surface area contributed by atoms with Crippen molar-refractivity contribution in [3.05, 3.63) is 21.8 Å². The van der Waals surface area contributed by atoms with Gasteiger partial charge in [-0.2, -0.15) is 0 Å².